The van der Waals surface area contributed by atoms with Crippen molar-refractivity contribution in [3.8, 4) is 44.8 Å². The third-order valence-corrected chi connectivity index (χ3v) is 9.56. The van der Waals surface area contributed by atoms with Crippen LogP contribution < -0.4 is 0 Å². The summed E-state index contributed by atoms with van der Waals surface area (Å²) < 4.78 is 0. The molecule has 0 unspecified atom stereocenters. The van der Waals surface area contributed by atoms with Crippen LogP contribution in [0.5, 0.6) is 0 Å². The molecule has 10 rings (SSSR count). The average molecular weight is 638 g/mol. The van der Waals surface area contributed by atoms with Crippen molar-refractivity contribution in [3.05, 3.63) is 164 Å². The van der Waals surface area contributed by atoms with Crippen molar-refractivity contribution < 1.29 is 0 Å². The second kappa shape index (κ2) is 11.4. The molecule has 0 saturated heterocycles. The van der Waals surface area contributed by atoms with Crippen molar-refractivity contribution in [2.75, 3.05) is 0 Å². The Bertz CT molecular complexity index is 2930. The van der Waals surface area contributed by atoms with Gasteiger partial charge in [0.2, 0.25) is 0 Å². The molecule has 0 aliphatic carbocycles. The van der Waals surface area contributed by atoms with Gasteiger partial charge in [-0.25, -0.2) is 9.97 Å². The average Bonchev–Trinajstić information content (AvgIpc) is 3.19. The highest BCUT2D eigenvalue weighted by atomic mass is 14.7. The normalized spacial score (nSPS) is 11.6. The van der Waals surface area contributed by atoms with E-state index in [0.717, 1.165) is 99.3 Å². The highest BCUT2D eigenvalue weighted by Crippen LogP contribution is 2.35. The van der Waals surface area contributed by atoms with E-state index in [4.69, 9.17) is 9.97 Å². The number of fused-ring (bicyclic) bond motifs is 6. The highest BCUT2D eigenvalue weighted by Gasteiger charge is 2.12. The first-order chi connectivity index (χ1) is 24.7. The maximum absolute atomic E-state index is 5.05. The number of pyridine rings is 5. The predicted molar refractivity (Wildman–Crippen MR) is 205 cm³/mol. The molecule has 5 nitrogen and oxygen atoms in total. The fraction of sp³-hybridized carbons (Fsp3) is 0. The molecule has 5 heterocycles. The second-order valence-corrected chi connectivity index (χ2v) is 12.6. The molecule has 0 radical (unpaired) electrons. The minimum atomic E-state index is 0.921. The van der Waals surface area contributed by atoms with E-state index in [1.165, 1.54) is 0 Å². The molecule has 0 aliphatic rings. The number of rotatable bonds is 4. The van der Waals surface area contributed by atoms with Gasteiger partial charge in [0.05, 0.1) is 39.0 Å². The minimum Gasteiger partial charge on any atom is -0.256 e. The lowest BCUT2D eigenvalue weighted by atomic mass is 9.96. The zero-order valence-electron chi connectivity index (χ0n) is 26.8. The number of hydrogen-bond acceptors (Lipinski definition) is 5. The van der Waals surface area contributed by atoms with Crippen molar-refractivity contribution in [1.29, 1.82) is 0 Å². The van der Waals surface area contributed by atoms with Crippen LogP contribution in [0.4, 0.5) is 0 Å². The SMILES string of the molecule is c1cnc2ccc(-c3ccc4cc(-c5ccc6nc(-c7ccc(-c8cc9cccnc9c9ncccc89)cc7)ccc6c5)ccc4n3)cc2c1. The fourth-order valence-electron chi connectivity index (χ4n) is 7.00. The van der Waals surface area contributed by atoms with E-state index in [0.29, 0.717) is 0 Å². The van der Waals surface area contributed by atoms with Crippen molar-refractivity contribution in [1.82, 2.24) is 24.9 Å². The molecule has 0 atom stereocenters. The Morgan fingerprint density at radius 1 is 0.320 bits per heavy atom. The van der Waals surface area contributed by atoms with Crippen molar-refractivity contribution >= 4 is 54.5 Å². The smallest absolute Gasteiger partial charge is 0.0970 e. The molecule has 5 heteroatoms. The predicted octanol–water partition coefficient (Wildman–Crippen LogP) is 11.1. The van der Waals surface area contributed by atoms with Crippen LogP contribution in [0.15, 0.2) is 164 Å². The van der Waals surface area contributed by atoms with Gasteiger partial charge in [0.25, 0.3) is 0 Å². The topological polar surface area (TPSA) is 64.5 Å². The third kappa shape index (κ3) is 4.83. The van der Waals surface area contributed by atoms with Crippen molar-refractivity contribution in [2.45, 2.75) is 0 Å². The zero-order chi connectivity index (χ0) is 33.0. The van der Waals surface area contributed by atoms with E-state index < -0.39 is 0 Å². The Labute approximate surface area is 287 Å². The maximum Gasteiger partial charge on any atom is 0.0970 e. The Hall–Kier alpha value is -6.85. The first-order valence-corrected chi connectivity index (χ1v) is 16.6. The number of nitrogens with zero attached hydrogens (tertiary/aromatic N) is 5. The second-order valence-electron chi connectivity index (χ2n) is 12.6. The van der Waals surface area contributed by atoms with Crippen molar-refractivity contribution in [2.24, 2.45) is 0 Å². The molecule has 0 fully saturated rings. The Balaban J connectivity index is 0.936. The number of benzene rings is 5. The molecule has 0 amide bonds. The van der Waals surface area contributed by atoms with Gasteiger partial charge < -0.3 is 0 Å². The molecule has 10 aromatic rings. The molecule has 232 valence electrons. The van der Waals surface area contributed by atoms with Crippen LogP contribution in [0.25, 0.3) is 99.3 Å². The van der Waals surface area contributed by atoms with E-state index in [2.05, 4.69) is 142 Å². The molecular formula is C45H27N5. The van der Waals surface area contributed by atoms with E-state index in [1.54, 1.807) is 0 Å². The lowest BCUT2D eigenvalue weighted by Crippen LogP contribution is -1.90. The Morgan fingerprint density at radius 3 is 1.58 bits per heavy atom. The van der Waals surface area contributed by atoms with Crippen LogP contribution in [0.1, 0.15) is 0 Å². The first-order valence-electron chi connectivity index (χ1n) is 16.6. The highest BCUT2D eigenvalue weighted by molar-refractivity contribution is 6.10. The molecule has 0 saturated carbocycles. The van der Waals surface area contributed by atoms with Gasteiger partial charge >= 0.3 is 0 Å². The van der Waals surface area contributed by atoms with E-state index in [-0.39, 0.29) is 0 Å². The molecule has 0 N–H and O–H groups in total. The minimum absolute atomic E-state index is 0.921. The van der Waals surface area contributed by atoms with Gasteiger partial charge in [-0.05, 0) is 95.1 Å². The summed E-state index contributed by atoms with van der Waals surface area (Å²) in [6, 6.07) is 50.9. The van der Waals surface area contributed by atoms with Crippen LogP contribution >= 0.6 is 0 Å². The Morgan fingerprint density at radius 2 is 0.840 bits per heavy atom. The summed E-state index contributed by atoms with van der Waals surface area (Å²) in [4.78, 5) is 23.8. The molecule has 5 aromatic carbocycles. The summed E-state index contributed by atoms with van der Waals surface area (Å²) in [5, 5.41) is 5.50. The van der Waals surface area contributed by atoms with Gasteiger partial charge in [0, 0.05) is 56.6 Å². The van der Waals surface area contributed by atoms with Gasteiger partial charge in [-0.15, -0.1) is 0 Å². The molecule has 50 heavy (non-hydrogen) atoms. The Kier molecular flexibility index (Phi) is 6.42. The first kappa shape index (κ1) is 28.2. The summed E-state index contributed by atoms with van der Waals surface area (Å²) in [5.41, 5.74) is 13.4. The van der Waals surface area contributed by atoms with E-state index >= 15 is 0 Å². The quantitative estimate of drug-likeness (QED) is 0.180. The summed E-state index contributed by atoms with van der Waals surface area (Å²) in [5.74, 6) is 0. The number of aromatic nitrogens is 5. The maximum atomic E-state index is 5.05. The van der Waals surface area contributed by atoms with Crippen molar-refractivity contribution in [3.63, 3.8) is 0 Å². The number of hydrogen-bond donors (Lipinski definition) is 0. The molecular weight excluding hydrogens is 611 g/mol. The summed E-state index contributed by atoms with van der Waals surface area (Å²) in [6.45, 7) is 0. The van der Waals surface area contributed by atoms with Crippen LogP contribution in [-0.4, -0.2) is 24.9 Å². The monoisotopic (exact) mass is 637 g/mol. The van der Waals surface area contributed by atoms with Gasteiger partial charge in [0.15, 0.2) is 0 Å². The van der Waals surface area contributed by atoms with Crippen LogP contribution in [0, 0.1) is 0 Å². The fourth-order valence-corrected chi connectivity index (χ4v) is 7.00. The van der Waals surface area contributed by atoms with Crippen LogP contribution in [-0.2, 0) is 0 Å². The van der Waals surface area contributed by atoms with Gasteiger partial charge in [0.1, 0.15) is 0 Å². The lowest BCUT2D eigenvalue weighted by Gasteiger charge is -2.11. The van der Waals surface area contributed by atoms with Gasteiger partial charge in [-0.3, -0.25) is 15.0 Å². The molecule has 0 bridgehead atoms. The molecule has 5 aromatic heterocycles. The van der Waals surface area contributed by atoms with E-state index in [9.17, 15) is 0 Å². The largest absolute Gasteiger partial charge is 0.256 e. The lowest BCUT2D eigenvalue weighted by molar-refractivity contribution is 1.37. The summed E-state index contributed by atoms with van der Waals surface area (Å²) in [7, 11) is 0. The summed E-state index contributed by atoms with van der Waals surface area (Å²) >= 11 is 0. The zero-order valence-corrected chi connectivity index (χ0v) is 26.8. The molecule has 0 aliphatic heterocycles. The molecule has 0 spiro atoms. The third-order valence-electron chi connectivity index (χ3n) is 9.56. The standard InChI is InChI=1S/C45H27N5/c1-4-32-26-35(13-16-39(32)46-21-1)43-20-15-34-25-31(12-18-42(34)50-43)30-11-17-41-33(24-30)14-19-40(49-41)29-9-7-28(8-10-29)38-27-36-5-2-22-47-44(36)45-37(38)6-3-23-48-45/h1-27H. The van der Waals surface area contributed by atoms with Crippen LogP contribution in [0.2, 0.25) is 0 Å². The summed E-state index contributed by atoms with van der Waals surface area (Å²) in [6.07, 6.45) is 5.48. The van der Waals surface area contributed by atoms with E-state index in [1.807, 2.05) is 36.8 Å². The van der Waals surface area contributed by atoms with Gasteiger partial charge in [-0.1, -0.05) is 72.8 Å². The van der Waals surface area contributed by atoms with Crippen LogP contribution in [0.3, 0.4) is 0 Å². The van der Waals surface area contributed by atoms with Gasteiger partial charge in [-0.2, -0.15) is 0 Å².